The van der Waals surface area contributed by atoms with Crippen molar-refractivity contribution < 1.29 is 0 Å². The van der Waals surface area contributed by atoms with Crippen molar-refractivity contribution in [2.75, 3.05) is 30.4 Å². The van der Waals surface area contributed by atoms with Crippen molar-refractivity contribution in [2.24, 2.45) is 0 Å². The normalized spacial score (nSPS) is 14.6. The molecule has 1 aromatic heterocycles. The van der Waals surface area contributed by atoms with Crippen molar-refractivity contribution in [2.45, 2.75) is 19.8 Å². The van der Waals surface area contributed by atoms with Gasteiger partial charge in [0.15, 0.2) is 0 Å². The lowest BCUT2D eigenvalue weighted by Crippen LogP contribution is -2.20. The minimum atomic E-state index is 0.247. The van der Waals surface area contributed by atoms with E-state index in [4.69, 9.17) is 0 Å². The minimum Gasteiger partial charge on any atom is -0.355 e. The van der Waals surface area contributed by atoms with Gasteiger partial charge in [0.25, 0.3) is 0 Å². The Labute approximate surface area is 224 Å². The van der Waals surface area contributed by atoms with E-state index in [0.717, 1.165) is 54.0 Å². The molecule has 0 amide bonds. The van der Waals surface area contributed by atoms with Gasteiger partial charge in [-0.2, -0.15) is 10.5 Å². The predicted octanol–water partition coefficient (Wildman–Crippen LogP) is 7.84. The Kier molecular flexibility index (Phi) is 9.47. The number of aromatic nitrogens is 1. The average molecular weight is 508 g/mol. The zero-order valence-electron chi connectivity index (χ0n) is 22.0. The van der Waals surface area contributed by atoms with Crippen LogP contribution in [-0.2, 0) is 6.42 Å². The van der Waals surface area contributed by atoms with E-state index in [9.17, 15) is 0 Å². The van der Waals surface area contributed by atoms with E-state index in [0.29, 0.717) is 0 Å². The lowest BCUT2D eigenvalue weighted by molar-refractivity contribution is 0.776. The fourth-order valence-electron chi connectivity index (χ4n) is 4.40. The smallest absolute Gasteiger partial charge is 0.0728 e. The molecular weight excluding hydrogens is 470 g/mol. The van der Waals surface area contributed by atoms with Gasteiger partial charge in [0.1, 0.15) is 0 Å². The van der Waals surface area contributed by atoms with Gasteiger partial charge in [-0.15, -0.1) is 0 Å². The minimum absolute atomic E-state index is 0.247. The fraction of sp³-hybridized carbons (Fsp3) is 0.212. The Hall–Kier alpha value is -3.47. The lowest BCUT2D eigenvalue weighted by atomic mass is 10.0. The molecule has 0 fully saturated rings. The van der Waals surface area contributed by atoms with E-state index < -0.39 is 0 Å². The third-order valence-electron chi connectivity index (χ3n) is 6.49. The van der Waals surface area contributed by atoms with Crippen LogP contribution in [0.4, 0.5) is 11.4 Å². The van der Waals surface area contributed by atoms with Crippen LogP contribution in [0.15, 0.2) is 109 Å². The first-order valence-electron chi connectivity index (χ1n) is 12.8. The summed E-state index contributed by atoms with van der Waals surface area (Å²) >= 11 is 0. The van der Waals surface area contributed by atoms with Crippen LogP contribution in [0, 0.1) is 0 Å². The van der Waals surface area contributed by atoms with E-state index in [2.05, 4.69) is 108 Å². The van der Waals surface area contributed by atoms with Gasteiger partial charge in [-0.1, -0.05) is 78.7 Å². The fourth-order valence-corrected chi connectivity index (χ4v) is 4.89. The zero-order chi connectivity index (χ0) is 26.0. The van der Waals surface area contributed by atoms with Gasteiger partial charge >= 0.3 is 0 Å². The van der Waals surface area contributed by atoms with E-state index in [-0.39, 0.29) is 10.5 Å². The molecule has 3 aromatic rings. The van der Waals surface area contributed by atoms with Crippen LogP contribution in [0.5, 0.6) is 0 Å². The maximum Gasteiger partial charge on any atom is 0.0728 e. The van der Waals surface area contributed by atoms with Crippen molar-refractivity contribution in [1.82, 2.24) is 10.3 Å². The van der Waals surface area contributed by atoms with Crippen LogP contribution in [-0.4, -0.2) is 36.0 Å². The largest absolute Gasteiger partial charge is 0.355 e. The molecule has 1 atom stereocenters. The van der Waals surface area contributed by atoms with E-state index in [1.54, 1.807) is 0 Å². The number of benzene rings is 2. The summed E-state index contributed by atoms with van der Waals surface area (Å²) in [5.41, 5.74) is 9.72. The highest BCUT2D eigenvalue weighted by Gasteiger charge is 2.12. The average Bonchev–Trinajstić information content (AvgIpc) is 3.39. The molecule has 0 radical (unpaired) electrons. The molecule has 0 saturated carbocycles. The van der Waals surface area contributed by atoms with Crippen molar-refractivity contribution in [3.05, 3.63) is 120 Å². The van der Waals surface area contributed by atoms with Gasteiger partial charge in [0.05, 0.1) is 5.52 Å². The van der Waals surface area contributed by atoms with Crippen molar-refractivity contribution in [3.63, 3.8) is 0 Å². The molecule has 0 aliphatic heterocycles. The molecule has 4 heteroatoms. The van der Waals surface area contributed by atoms with Crippen LogP contribution in [0.25, 0.3) is 16.5 Å². The molecule has 2 N–H and O–H groups in total. The Bertz CT molecular complexity index is 1390. The van der Waals surface area contributed by atoms with Crippen LogP contribution in [0.2, 0.25) is 0 Å². The number of pyridine rings is 1. The quantitative estimate of drug-likeness (QED) is 0.149. The van der Waals surface area contributed by atoms with Crippen molar-refractivity contribution in [1.29, 1.82) is 0 Å². The Morgan fingerprint density at radius 3 is 2.70 bits per heavy atom. The molecule has 0 saturated heterocycles. The lowest BCUT2D eigenvalue weighted by Gasteiger charge is -2.12. The molecule has 1 heterocycles. The third-order valence-corrected chi connectivity index (χ3v) is 7.39. The molecule has 2 aromatic carbocycles. The highest BCUT2D eigenvalue weighted by molar-refractivity contribution is 8.13. The number of hydrogen-bond acceptors (Lipinski definition) is 3. The zero-order valence-corrected chi connectivity index (χ0v) is 22.8. The number of hydrogen-bond donors (Lipinski definition) is 2. The number of nitrogens with one attached hydrogen (secondary N) is 2. The summed E-state index contributed by atoms with van der Waals surface area (Å²) in [5.74, 6) is 5.22. The number of fused-ring (bicyclic) bond motifs is 1. The molecule has 0 bridgehead atoms. The Morgan fingerprint density at radius 2 is 1.95 bits per heavy atom. The summed E-state index contributed by atoms with van der Waals surface area (Å²) in [4.78, 5) is 4.67. The molecule has 1 unspecified atom stereocenters. The molecule has 3 nitrogen and oxygen atoms in total. The van der Waals surface area contributed by atoms with E-state index in [1.807, 2.05) is 24.4 Å². The highest BCUT2D eigenvalue weighted by atomic mass is 32.2. The van der Waals surface area contributed by atoms with Crippen LogP contribution < -0.4 is 10.6 Å². The molecule has 190 valence electrons. The molecule has 0 spiro atoms. The van der Waals surface area contributed by atoms with Gasteiger partial charge < -0.3 is 10.6 Å². The highest BCUT2D eigenvalue weighted by Crippen LogP contribution is 2.32. The second-order valence-corrected chi connectivity index (χ2v) is 11.4. The topological polar surface area (TPSA) is 37.0 Å². The first-order valence-corrected chi connectivity index (χ1v) is 14.7. The van der Waals surface area contributed by atoms with Crippen LogP contribution >= 0.6 is 10.5 Å². The maximum absolute atomic E-state index is 4.67. The van der Waals surface area contributed by atoms with Gasteiger partial charge in [-0.25, -0.2) is 0 Å². The van der Waals surface area contributed by atoms with Crippen molar-refractivity contribution >= 4 is 44.2 Å². The summed E-state index contributed by atoms with van der Waals surface area (Å²) in [6, 6.07) is 17.3. The van der Waals surface area contributed by atoms with E-state index >= 15 is 0 Å². The first-order chi connectivity index (χ1) is 18.1. The van der Waals surface area contributed by atoms with Crippen LogP contribution in [0.1, 0.15) is 24.5 Å². The molecule has 4 rings (SSSR count). The second kappa shape index (κ2) is 13.2. The second-order valence-electron chi connectivity index (χ2n) is 9.40. The summed E-state index contributed by atoms with van der Waals surface area (Å²) in [7, 11) is 0.247. The summed E-state index contributed by atoms with van der Waals surface area (Å²) in [6.45, 7) is 7.79. The van der Waals surface area contributed by atoms with Gasteiger partial charge in [-0.3, -0.25) is 4.98 Å². The van der Waals surface area contributed by atoms with E-state index in [1.165, 1.54) is 27.8 Å². The van der Waals surface area contributed by atoms with Crippen molar-refractivity contribution in [3.8, 4) is 0 Å². The van der Waals surface area contributed by atoms with Gasteiger partial charge in [-0.05, 0) is 72.6 Å². The van der Waals surface area contributed by atoms with Gasteiger partial charge in [0.2, 0.25) is 0 Å². The SMILES string of the molecule is C=C/C=C\C(=C/C)Cc1ccc(Nc2ccnc3cc(C4=CC=C(CNCCS(=C)C)C4)ccc23)cc1. The first kappa shape index (κ1) is 26.6. The number of allylic oxidation sites excluding steroid dienone is 8. The maximum atomic E-state index is 4.67. The summed E-state index contributed by atoms with van der Waals surface area (Å²) in [5, 5.41) is 8.26. The third kappa shape index (κ3) is 7.51. The molecule has 1 aliphatic rings. The Morgan fingerprint density at radius 1 is 1.11 bits per heavy atom. The van der Waals surface area contributed by atoms with Gasteiger partial charge in [0, 0.05) is 41.8 Å². The monoisotopic (exact) mass is 507 g/mol. The summed E-state index contributed by atoms with van der Waals surface area (Å²) < 4.78 is 0. The molecule has 37 heavy (non-hydrogen) atoms. The number of rotatable bonds is 12. The number of nitrogens with zero attached hydrogens (tertiary/aromatic N) is 1. The standard InChI is InChI=1S/C33H37N3S/c1-5-7-8-25(6-2)21-26-10-14-30(15-11-26)36-32-17-18-35-33-23-29(13-16-31(32)33)28-12-9-27(22-28)24-34-19-20-37(3)4/h5-18,23,34H,1,3,19-22,24H2,2,4H3,(H,35,36)/b8-7-,25-6+. The predicted molar refractivity (Wildman–Crippen MR) is 167 cm³/mol. The Balaban J connectivity index is 1.40. The number of anilines is 2. The van der Waals surface area contributed by atoms with Crippen LogP contribution in [0.3, 0.4) is 0 Å². The molecule has 1 aliphatic carbocycles. The molecular formula is C33H37N3S. The summed E-state index contributed by atoms with van der Waals surface area (Å²) in [6.07, 6.45) is 18.5.